The fourth-order valence-corrected chi connectivity index (χ4v) is 4.17. The number of hydrogen-bond acceptors (Lipinski definition) is 10. The predicted octanol–water partition coefficient (Wildman–Crippen LogP) is 3.25. The monoisotopic (exact) mass is 594 g/mol. The van der Waals surface area contributed by atoms with Gasteiger partial charge in [0.15, 0.2) is 0 Å². The SMILES string of the molecule is C=NC.CNc1ncnc(N)c1C(=N)C#Cc1cncc(C(=O)Nc2ccc(CN3CCN(C)CC3)c(C(F)(F)F)c2)c1. The third kappa shape index (κ3) is 9.06. The van der Waals surface area contributed by atoms with Gasteiger partial charge in [0.25, 0.3) is 5.91 Å². The highest BCUT2D eigenvalue weighted by Crippen LogP contribution is 2.34. The van der Waals surface area contributed by atoms with E-state index in [1.807, 2.05) is 11.9 Å². The summed E-state index contributed by atoms with van der Waals surface area (Å²) >= 11 is 0. The number of nitrogens with two attached hydrogens (primary N) is 1. The molecule has 1 amide bonds. The van der Waals surface area contributed by atoms with E-state index in [0.717, 1.165) is 19.2 Å². The standard InChI is InChI=1S/C27H28F3N9O.C2H5N/c1-33-25-23(24(32)35-16-36-25)22(31)6-3-17-11-19(14-34-13-17)26(40)37-20-5-4-18(21(12-20)27(28,29)30)15-39-9-7-38(2)8-10-39;1-3-2/h4-5,11-14,16,31H,7-10,15H2,1-2H3,(H,37,40)(H3,32,33,35,36);1H2,2H3. The molecule has 0 radical (unpaired) electrons. The van der Waals surface area contributed by atoms with Crippen molar-refractivity contribution >= 4 is 35.7 Å². The highest BCUT2D eigenvalue weighted by atomic mass is 19.4. The van der Waals surface area contributed by atoms with Gasteiger partial charge in [0.2, 0.25) is 0 Å². The summed E-state index contributed by atoms with van der Waals surface area (Å²) in [5.41, 5.74) is 5.74. The van der Waals surface area contributed by atoms with Gasteiger partial charge in [-0.15, -0.1) is 0 Å². The minimum absolute atomic E-state index is 0.0110. The highest BCUT2D eigenvalue weighted by Gasteiger charge is 2.34. The quantitative estimate of drug-likeness (QED) is 0.251. The maximum absolute atomic E-state index is 13.9. The van der Waals surface area contributed by atoms with Crippen molar-refractivity contribution < 1.29 is 18.0 Å². The second-order valence-electron chi connectivity index (χ2n) is 9.54. The summed E-state index contributed by atoms with van der Waals surface area (Å²) < 4.78 is 41.7. The lowest BCUT2D eigenvalue weighted by molar-refractivity contribution is -0.138. The summed E-state index contributed by atoms with van der Waals surface area (Å²) in [4.78, 5) is 32.1. The van der Waals surface area contributed by atoms with Crippen molar-refractivity contribution in [1.29, 1.82) is 5.41 Å². The van der Waals surface area contributed by atoms with E-state index in [1.54, 1.807) is 14.1 Å². The molecule has 1 aromatic carbocycles. The Morgan fingerprint density at radius 3 is 2.53 bits per heavy atom. The molecule has 0 spiro atoms. The molecule has 5 N–H and O–H groups in total. The van der Waals surface area contributed by atoms with E-state index < -0.39 is 17.6 Å². The van der Waals surface area contributed by atoms with E-state index in [4.69, 9.17) is 11.1 Å². The Morgan fingerprint density at radius 1 is 1.19 bits per heavy atom. The summed E-state index contributed by atoms with van der Waals surface area (Å²) in [6, 6.07) is 5.25. The Balaban J connectivity index is 0.00000162. The molecule has 1 saturated heterocycles. The van der Waals surface area contributed by atoms with Crippen LogP contribution in [0.25, 0.3) is 0 Å². The van der Waals surface area contributed by atoms with E-state index in [-0.39, 0.29) is 40.5 Å². The Kier molecular flexibility index (Phi) is 11.3. The van der Waals surface area contributed by atoms with Crippen molar-refractivity contribution in [2.24, 2.45) is 4.99 Å². The number of benzene rings is 1. The zero-order chi connectivity index (χ0) is 31.6. The maximum atomic E-state index is 13.9. The first-order valence-electron chi connectivity index (χ1n) is 13.1. The number of carbonyl (C=O) groups excluding carboxylic acids is 1. The van der Waals surface area contributed by atoms with Crippen LogP contribution in [0.1, 0.15) is 32.6 Å². The molecular formula is C29H33F3N10O. The number of nitrogens with one attached hydrogen (secondary N) is 3. The number of nitrogens with zero attached hydrogens (tertiary/aromatic N) is 6. The first-order valence-corrected chi connectivity index (χ1v) is 13.1. The summed E-state index contributed by atoms with van der Waals surface area (Å²) in [5.74, 6) is 5.16. The van der Waals surface area contributed by atoms with Crippen molar-refractivity contribution in [2.75, 3.05) is 63.7 Å². The van der Waals surface area contributed by atoms with Crippen LogP contribution in [0.3, 0.4) is 0 Å². The zero-order valence-electron chi connectivity index (χ0n) is 24.1. The first kappa shape index (κ1) is 32.6. The Labute approximate surface area is 248 Å². The van der Waals surface area contributed by atoms with Crippen LogP contribution in [0.5, 0.6) is 0 Å². The summed E-state index contributed by atoms with van der Waals surface area (Å²) in [6.07, 6.45) is -0.642. The van der Waals surface area contributed by atoms with Crippen LogP contribution in [0.2, 0.25) is 0 Å². The van der Waals surface area contributed by atoms with E-state index in [0.29, 0.717) is 24.5 Å². The molecule has 43 heavy (non-hydrogen) atoms. The molecule has 11 nitrogen and oxygen atoms in total. The van der Waals surface area contributed by atoms with Gasteiger partial charge in [0.05, 0.1) is 16.7 Å². The van der Waals surface area contributed by atoms with Gasteiger partial charge in [-0.25, -0.2) is 9.97 Å². The number of amides is 1. The lowest BCUT2D eigenvalue weighted by Crippen LogP contribution is -2.44. The van der Waals surface area contributed by atoms with E-state index >= 15 is 0 Å². The van der Waals surface area contributed by atoms with Crippen molar-refractivity contribution in [3.63, 3.8) is 0 Å². The molecule has 1 fully saturated rings. The van der Waals surface area contributed by atoms with Crippen molar-refractivity contribution in [3.05, 3.63) is 70.8 Å². The molecule has 4 rings (SSSR count). The minimum Gasteiger partial charge on any atom is -0.383 e. The second kappa shape index (κ2) is 14.9. The van der Waals surface area contributed by atoms with Gasteiger partial charge >= 0.3 is 6.18 Å². The lowest BCUT2D eigenvalue weighted by Gasteiger charge is -2.33. The van der Waals surface area contributed by atoms with E-state index in [9.17, 15) is 18.0 Å². The number of halogens is 3. The van der Waals surface area contributed by atoms with Crippen molar-refractivity contribution in [3.8, 4) is 11.8 Å². The smallest absolute Gasteiger partial charge is 0.383 e. The van der Waals surface area contributed by atoms with Crippen molar-refractivity contribution in [1.82, 2.24) is 24.8 Å². The van der Waals surface area contributed by atoms with Crippen LogP contribution >= 0.6 is 0 Å². The molecule has 1 aliphatic rings. The maximum Gasteiger partial charge on any atom is 0.416 e. The van der Waals surface area contributed by atoms with Crippen LogP contribution in [0.15, 0.2) is 48.0 Å². The molecular weight excluding hydrogens is 561 g/mol. The third-order valence-corrected chi connectivity index (χ3v) is 6.36. The van der Waals surface area contributed by atoms with Gasteiger partial charge < -0.3 is 26.3 Å². The Morgan fingerprint density at radius 2 is 1.88 bits per heavy atom. The molecule has 0 unspecified atom stereocenters. The molecule has 2 aromatic heterocycles. The molecule has 1 aliphatic heterocycles. The number of anilines is 3. The topological polar surface area (TPSA) is 149 Å². The summed E-state index contributed by atoms with van der Waals surface area (Å²) in [6.45, 7) is 6.23. The first-order chi connectivity index (χ1) is 20.5. The Hall–Kier alpha value is -4.87. The molecule has 0 saturated carbocycles. The molecule has 226 valence electrons. The van der Waals surface area contributed by atoms with Crippen LogP contribution in [-0.4, -0.2) is 90.4 Å². The summed E-state index contributed by atoms with van der Waals surface area (Å²) in [5, 5.41) is 13.6. The van der Waals surface area contributed by atoms with Crippen LogP contribution in [0.4, 0.5) is 30.5 Å². The van der Waals surface area contributed by atoms with Gasteiger partial charge in [0, 0.05) is 70.5 Å². The van der Waals surface area contributed by atoms with Crippen LogP contribution in [-0.2, 0) is 12.7 Å². The molecule has 14 heteroatoms. The lowest BCUT2D eigenvalue weighted by atomic mass is 10.0. The number of pyridine rings is 1. The van der Waals surface area contributed by atoms with E-state index in [2.05, 4.69) is 54.0 Å². The van der Waals surface area contributed by atoms with Gasteiger partial charge in [0.1, 0.15) is 23.7 Å². The average Bonchev–Trinajstić information content (AvgIpc) is 2.97. The predicted molar refractivity (Wildman–Crippen MR) is 162 cm³/mol. The largest absolute Gasteiger partial charge is 0.416 e. The normalized spacial score (nSPS) is 13.5. The van der Waals surface area contributed by atoms with Crippen LogP contribution in [0, 0.1) is 17.3 Å². The number of nitrogen functional groups attached to an aromatic ring is 1. The highest BCUT2D eigenvalue weighted by molar-refractivity contribution is 6.16. The molecule has 0 atom stereocenters. The fourth-order valence-electron chi connectivity index (χ4n) is 4.17. The van der Waals surface area contributed by atoms with Gasteiger partial charge in [-0.2, -0.15) is 13.2 Å². The van der Waals surface area contributed by atoms with Gasteiger partial charge in [-0.1, -0.05) is 12.0 Å². The number of aliphatic imine (C=N–C) groups is 1. The van der Waals surface area contributed by atoms with Gasteiger partial charge in [-0.3, -0.25) is 20.1 Å². The second-order valence-corrected chi connectivity index (χ2v) is 9.54. The molecule has 0 bridgehead atoms. The van der Waals surface area contributed by atoms with Crippen molar-refractivity contribution in [2.45, 2.75) is 12.7 Å². The molecule has 3 heterocycles. The number of alkyl halides is 3. The number of aromatic nitrogens is 3. The fraction of sp³-hybridized carbons (Fsp3) is 0.310. The average molecular weight is 595 g/mol. The zero-order valence-corrected chi connectivity index (χ0v) is 24.1. The Bertz CT molecular complexity index is 1520. The number of hydrogen-bond donors (Lipinski definition) is 4. The summed E-state index contributed by atoms with van der Waals surface area (Å²) in [7, 11) is 5.24. The number of carbonyl (C=O) groups is 1. The number of likely N-dealkylation sites (N-methyl/N-ethyl adjacent to an activating group) is 1. The molecule has 3 aromatic rings. The minimum atomic E-state index is -4.58. The number of rotatable bonds is 6. The molecule has 0 aliphatic carbocycles. The van der Waals surface area contributed by atoms with Crippen LogP contribution < -0.4 is 16.4 Å². The number of piperazine rings is 1. The van der Waals surface area contributed by atoms with E-state index in [1.165, 1.54) is 36.9 Å². The third-order valence-electron chi connectivity index (χ3n) is 6.36. The van der Waals surface area contributed by atoms with Gasteiger partial charge in [-0.05, 0) is 43.4 Å².